The van der Waals surface area contributed by atoms with Gasteiger partial charge in [-0.3, -0.25) is 14.5 Å². The predicted octanol–water partition coefficient (Wildman–Crippen LogP) is 5.34. The number of aromatic nitrogens is 2. The molecule has 2 aliphatic rings. The Hall–Kier alpha value is -6.76. The lowest BCUT2D eigenvalue weighted by atomic mass is 10.0. The molecule has 2 aliphatic heterocycles. The number of halogens is 1. The number of anilines is 4. The van der Waals surface area contributed by atoms with Gasteiger partial charge in [0.15, 0.2) is 11.6 Å². The van der Waals surface area contributed by atoms with Gasteiger partial charge in [0.05, 0.1) is 19.2 Å². The highest BCUT2D eigenvalue weighted by Gasteiger charge is 2.43. The largest absolute Gasteiger partial charge is 0.454 e. The summed E-state index contributed by atoms with van der Waals surface area (Å²) in [6.45, 7) is 5.25. The summed E-state index contributed by atoms with van der Waals surface area (Å²) < 4.78 is 26.0. The second kappa shape index (κ2) is 16.3. The van der Waals surface area contributed by atoms with Crippen LogP contribution in [0.3, 0.4) is 0 Å². The maximum absolute atomic E-state index is 15.4. The number of pyridine rings is 2. The number of hydrogen-bond donors (Lipinski definition) is 2. The lowest BCUT2D eigenvalue weighted by molar-refractivity contribution is -0.142. The lowest BCUT2D eigenvalue weighted by Gasteiger charge is -2.40. The number of nitrogens with zero attached hydrogens (tertiary/aromatic N) is 7. The number of benzene rings is 2. The van der Waals surface area contributed by atoms with Crippen LogP contribution in [-0.4, -0.2) is 94.5 Å². The summed E-state index contributed by atoms with van der Waals surface area (Å²) in [4.78, 5) is 66.9. The highest BCUT2D eigenvalue weighted by Crippen LogP contribution is 2.30. The molecular weight excluding hydrogens is 697 g/mol. The molecule has 4 heterocycles. The van der Waals surface area contributed by atoms with Crippen molar-refractivity contribution in [1.82, 2.24) is 24.7 Å². The van der Waals surface area contributed by atoms with Crippen LogP contribution in [0.1, 0.15) is 25.0 Å². The molecular formula is C38H38FN9O6. The van der Waals surface area contributed by atoms with Gasteiger partial charge in [-0.15, -0.1) is 0 Å². The van der Waals surface area contributed by atoms with E-state index < -0.39 is 35.7 Å². The number of amides is 5. The van der Waals surface area contributed by atoms with Gasteiger partial charge in [-0.2, -0.15) is 5.26 Å². The number of hydrogen-bond acceptors (Lipinski definition) is 11. The van der Waals surface area contributed by atoms with E-state index in [1.807, 2.05) is 11.0 Å². The predicted molar refractivity (Wildman–Crippen MR) is 195 cm³/mol. The van der Waals surface area contributed by atoms with Crippen molar-refractivity contribution in [2.45, 2.75) is 26.4 Å². The minimum atomic E-state index is -1.20. The minimum absolute atomic E-state index is 0.0146. The molecule has 54 heavy (non-hydrogen) atoms. The molecule has 2 aromatic heterocycles. The first-order chi connectivity index (χ1) is 26.0. The molecule has 0 saturated carbocycles. The highest BCUT2D eigenvalue weighted by atomic mass is 19.1. The first kappa shape index (κ1) is 37.0. The van der Waals surface area contributed by atoms with E-state index >= 15 is 4.39 Å². The van der Waals surface area contributed by atoms with E-state index in [0.717, 1.165) is 16.5 Å². The van der Waals surface area contributed by atoms with Gasteiger partial charge in [-0.1, -0.05) is 30.3 Å². The number of piperazine rings is 1. The summed E-state index contributed by atoms with van der Waals surface area (Å²) >= 11 is 0. The van der Waals surface area contributed by atoms with Crippen molar-refractivity contribution in [1.29, 1.82) is 5.26 Å². The van der Waals surface area contributed by atoms with E-state index in [2.05, 4.69) is 26.7 Å². The van der Waals surface area contributed by atoms with Crippen LogP contribution in [0.5, 0.6) is 11.5 Å². The zero-order valence-corrected chi connectivity index (χ0v) is 29.9. The average Bonchev–Trinajstić information content (AvgIpc) is 3.17. The van der Waals surface area contributed by atoms with E-state index in [1.165, 1.54) is 36.4 Å². The van der Waals surface area contributed by atoms with E-state index in [1.54, 1.807) is 61.2 Å². The summed E-state index contributed by atoms with van der Waals surface area (Å²) in [5.41, 5.74) is 1.21. The summed E-state index contributed by atoms with van der Waals surface area (Å²) in [6.07, 6.45) is 1.06. The molecule has 278 valence electrons. The Labute approximate surface area is 310 Å². The van der Waals surface area contributed by atoms with Crippen molar-refractivity contribution in [2.24, 2.45) is 5.92 Å². The Bertz CT molecular complexity index is 2090. The number of nitrogens with one attached hydrogen (secondary N) is 2. The SMILES string of the molecule is COC(=O)N1CCN(c2nc(Nc3cc(Oc4ccc(NC(=O)C5CN(C(C)C)C(=O)N(Cc6ccccc6)C5=O)cc4F)ccn3)ccc2C#N)CC1. The van der Waals surface area contributed by atoms with Crippen LogP contribution in [0.25, 0.3) is 0 Å². The zero-order chi connectivity index (χ0) is 38.4. The van der Waals surface area contributed by atoms with Gasteiger partial charge in [0.2, 0.25) is 11.8 Å². The van der Waals surface area contributed by atoms with Crippen LogP contribution >= 0.6 is 0 Å². The molecule has 1 atom stereocenters. The maximum Gasteiger partial charge on any atom is 0.409 e. The Morgan fingerprint density at radius 1 is 1.00 bits per heavy atom. The highest BCUT2D eigenvalue weighted by molar-refractivity contribution is 6.12. The molecule has 15 nitrogen and oxygen atoms in total. The first-order valence-corrected chi connectivity index (χ1v) is 17.2. The van der Waals surface area contributed by atoms with Gasteiger partial charge in [-0.05, 0) is 49.7 Å². The first-order valence-electron chi connectivity index (χ1n) is 17.2. The second-order valence-electron chi connectivity index (χ2n) is 12.9. The van der Waals surface area contributed by atoms with E-state index in [9.17, 15) is 24.4 Å². The van der Waals surface area contributed by atoms with Crippen LogP contribution in [0.2, 0.25) is 0 Å². The molecule has 16 heteroatoms. The number of carbonyl (C=O) groups is 4. The molecule has 0 aliphatic carbocycles. The fraction of sp³-hybridized carbons (Fsp3) is 0.289. The molecule has 0 bridgehead atoms. The van der Waals surface area contributed by atoms with E-state index in [-0.39, 0.29) is 36.3 Å². The Balaban J connectivity index is 1.11. The molecule has 1 unspecified atom stereocenters. The molecule has 4 aromatic rings. The van der Waals surface area contributed by atoms with Crippen LogP contribution < -0.4 is 20.3 Å². The summed E-state index contributed by atoms with van der Waals surface area (Å²) in [7, 11) is 1.33. The molecule has 5 amide bonds. The minimum Gasteiger partial charge on any atom is -0.454 e. The molecule has 0 spiro atoms. The Morgan fingerprint density at radius 3 is 2.44 bits per heavy atom. The van der Waals surface area contributed by atoms with Crippen molar-refractivity contribution in [3.8, 4) is 17.6 Å². The number of carbonyl (C=O) groups excluding carboxylic acids is 4. The van der Waals surface area contributed by atoms with E-state index in [4.69, 9.17) is 9.47 Å². The molecule has 0 radical (unpaired) electrons. The fourth-order valence-corrected chi connectivity index (χ4v) is 6.10. The molecule has 6 rings (SSSR count). The van der Waals surface area contributed by atoms with Gasteiger partial charge in [0.25, 0.3) is 0 Å². The van der Waals surface area contributed by atoms with Gasteiger partial charge in [0, 0.05) is 62.8 Å². The second-order valence-corrected chi connectivity index (χ2v) is 12.9. The Morgan fingerprint density at radius 2 is 1.76 bits per heavy atom. The topological polar surface area (TPSA) is 173 Å². The molecule has 2 saturated heterocycles. The maximum atomic E-state index is 15.4. The Kier molecular flexibility index (Phi) is 11.2. The number of ether oxygens (including phenoxy) is 2. The smallest absolute Gasteiger partial charge is 0.409 e. The summed E-state index contributed by atoms with van der Waals surface area (Å²) in [5.74, 6) is -1.96. The van der Waals surface area contributed by atoms with Gasteiger partial charge >= 0.3 is 12.1 Å². The average molecular weight is 736 g/mol. The lowest BCUT2D eigenvalue weighted by Crippen LogP contribution is -2.60. The number of urea groups is 1. The summed E-state index contributed by atoms with van der Waals surface area (Å²) in [5, 5.41) is 15.4. The third kappa shape index (κ3) is 8.31. The molecule has 2 N–H and O–H groups in total. The standard InChI is InChI=1S/C38H38FN9O6/c1-24(2)47-23-29(36(50)48(37(47)51)22-25-7-5-4-6-8-25)35(49)42-27-10-11-31(30(39)19-27)54-28-13-14-41-33(20-28)43-32-12-9-26(21-40)34(44-32)45-15-17-46(18-16-45)38(52)53-3/h4-14,19-20,24,29H,15-18,22-23H2,1-3H3,(H,42,49)(H,41,43,44). The van der Waals surface area contributed by atoms with Crippen LogP contribution in [0, 0.1) is 23.1 Å². The monoisotopic (exact) mass is 735 g/mol. The third-order valence-electron chi connectivity index (χ3n) is 8.97. The number of nitriles is 1. The number of methoxy groups -OCH3 is 1. The number of imide groups is 1. The van der Waals surface area contributed by atoms with Crippen molar-refractivity contribution < 1.29 is 33.0 Å². The van der Waals surface area contributed by atoms with Crippen LogP contribution in [-0.2, 0) is 20.9 Å². The van der Waals surface area contributed by atoms with E-state index in [0.29, 0.717) is 49.2 Å². The molecule has 2 aromatic carbocycles. The van der Waals surface area contributed by atoms with Crippen LogP contribution in [0.15, 0.2) is 79.0 Å². The zero-order valence-electron chi connectivity index (χ0n) is 29.9. The summed E-state index contributed by atoms with van der Waals surface area (Å²) in [6, 6.07) is 20.7. The van der Waals surface area contributed by atoms with Gasteiger partial charge in [0.1, 0.15) is 35.2 Å². The fourth-order valence-electron chi connectivity index (χ4n) is 6.10. The van der Waals surface area contributed by atoms with Crippen molar-refractivity contribution >= 4 is 47.1 Å². The van der Waals surface area contributed by atoms with Crippen molar-refractivity contribution in [3.63, 3.8) is 0 Å². The van der Waals surface area contributed by atoms with Crippen molar-refractivity contribution in [2.75, 3.05) is 55.4 Å². The van der Waals surface area contributed by atoms with Crippen molar-refractivity contribution in [3.05, 3.63) is 95.9 Å². The third-order valence-corrected chi connectivity index (χ3v) is 8.97. The quantitative estimate of drug-likeness (QED) is 0.201. The van der Waals surface area contributed by atoms with Gasteiger partial charge in [-0.25, -0.2) is 23.9 Å². The number of rotatable bonds is 10. The normalized spacial score (nSPS) is 15.9. The molecule has 2 fully saturated rings. The van der Waals surface area contributed by atoms with Gasteiger partial charge < -0.3 is 34.8 Å². The van der Waals surface area contributed by atoms with Crippen LogP contribution in [0.4, 0.5) is 37.1 Å².